The molecule has 0 N–H and O–H groups in total. The van der Waals surface area contributed by atoms with Crippen LogP contribution in [0, 0.1) is 5.92 Å². The van der Waals surface area contributed by atoms with Gasteiger partial charge in [0.2, 0.25) is 5.92 Å². The summed E-state index contributed by atoms with van der Waals surface area (Å²) in [5.74, 6) is -1.16. The lowest BCUT2D eigenvalue weighted by Crippen LogP contribution is -2.25. The molecular weight excluding hydrogens is 190 g/mol. The van der Waals surface area contributed by atoms with E-state index in [4.69, 9.17) is 10.7 Å². The van der Waals surface area contributed by atoms with E-state index >= 15 is 0 Å². The molecule has 1 saturated carbocycles. The zero-order chi connectivity index (χ0) is 8.32. The van der Waals surface area contributed by atoms with Gasteiger partial charge in [0.15, 0.2) is 0 Å². The molecule has 1 rings (SSSR count). The average Bonchev–Trinajstić information content (AvgIpc) is 1.94. The van der Waals surface area contributed by atoms with Crippen LogP contribution in [-0.2, 0) is 0 Å². The van der Waals surface area contributed by atoms with E-state index < -0.39 is 5.92 Å². The Kier molecular flexibility index (Phi) is 3.44. The summed E-state index contributed by atoms with van der Waals surface area (Å²) in [4.78, 5) is 0. The highest BCUT2D eigenvalue weighted by atomic mass is 35.7. The third kappa shape index (κ3) is 3.16. The highest BCUT2D eigenvalue weighted by Gasteiger charge is 2.34. The summed E-state index contributed by atoms with van der Waals surface area (Å²) in [5, 5.41) is 0. The van der Waals surface area contributed by atoms with Gasteiger partial charge in [-0.2, -0.15) is 0 Å². The summed E-state index contributed by atoms with van der Waals surface area (Å²) < 4.78 is 25.2. The minimum absolute atomic E-state index is 0.0507. The second-order valence-electron chi connectivity index (χ2n) is 3.08. The smallest absolute Gasteiger partial charge is 0.207 e. The highest BCUT2D eigenvalue weighted by Crippen LogP contribution is 2.37. The Morgan fingerprint density at radius 3 is 2.36 bits per heavy atom. The molecule has 0 aromatic rings. The van der Waals surface area contributed by atoms with Crippen LogP contribution < -0.4 is 0 Å². The monoisotopic (exact) mass is 200 g/mol. The molecule has 0 aromatic carbocycles. The van der Waals surface area contributed by atoms with Crippen LogP contribution in [0.15, 0.2) is 0 Å². The predicted molar refractivity (Wildman–Crippen MR) is 45.2 cm³/mol. The fourth-order valence-electron chi connectivity index (χ4n) is 1.36. The van der Waals surface area contributed by atoms with Crippen molar-refractivity contribution >= 4 is 21.7 Å². The van der Waals surface area contributed by atoms with E-state index in [9.17, 15) is 8.78 Å². The van der Waals surface area contributed by atoms with Gasteiger partial charge in [-0.15, -0.1) is 0 Å². The molecule has 1 fully saturated rings. The zero-order valence-corrected chi connectivity index (χ0v) is 7.73. The van der Waals surface area contributed by atoms with E-state index in [0.717, 1.165) is 5.75 Å². The molecule has 1 aliphatic carbocycles. The maximum absolute atomic E-state index is 12.6. The Labute approximate surface area is 74.2 Å². The van der Waals surface area contributed by atoms with Gasteiger partial charge < -0.3 is 0 Å². The zero-order valence-electron chi connectivity index (χ0n) is 6.16. The highest BCUT2D eigenvalue weighted by molar-refractivity contribution is 8.21. The fraction of sp³-hybridized carbons (Fsp3) is 1.00. The first-order chi connectivity index (χ1) is 5.14. The number of alkyl halides is 2. The number of hydrogen-bond acceptors (Lipinski definition) is 1. The van der Waals surface area contributed by atoms with Crippen LogP contribution in [0.5, 0.6) is 0 Å². The largest absolute Gasteiger partial charge is 0.248 e. The maximum Gasteiger partial charge on any atom is 0.248 e. The van der Waals surface area contributed by atoms with Gasteiger partial charge in [0.1, 0.15) is 0 Å². The van der Waals surface area contributed by atoms with Gasteiger partial charge >= 0.3 is 0 Å². The van der Waals surface area contributed by atoms with Crippen LogP contribution in [0.2, 0.25) is 0 Å². The van der Waals surface area contributed by atoms with Crippen molar-refractivity contribution in [3.63, 3.8) is 0 Å². The molecule has 0 aliphatic heterocycles. The van der Waals surface area contributed by atoms with Crippen molar-refractivity contribution in [3.8, 4) is 0 Å². The van der Waals surface area contributed by atoms with Gasteiger partial charge in [-0.1, -0.05) is 11.0 Å². The maximum atomic E-state index is 12.6. The molecule has 66 valence electrons. The summed E-state index contributed by atoms with van der Waals surface area (Å²) in [6, 6.07) is 0. The number of hydrogen-bond donors (Lipinski definition) is 0. The molecular formula is C7H11ClF2S. The topological polar surface area (TPSA) is 0 Å². The lowest BCUT2D eigenvalue weighted by molar-refractivity contribution is -0.0433. The van der Waals surface area contributed by atoms with E-state index in [1.165, 1.54) is 11.0 Å². The van der Waals surface area contributed by atoms with Gasteiger partial charge in [0, 0.05) is 18.6 Å². The van der Waals surface area contributed by atoms with E-state index in [1.54, 1.807) is 0 Å². The lowest BCUT2D eigenvalue weighted by Gasteiger charge is -2.27. The summed E-state index contributed by atoms with van der Waals surface area (Å²) in [6.07, 6.45) is 1.36. The number of rotatable bonds is 2. The summed E-state index contributed by atoms with van der Waals surface area (Å²) in [6.45, 7) is 0. The minimum Gasteiger partial charge on any atom is -0.207 e. The molecule has 0 aromatic heterocycles. The fourth-order valence-corrected chi connectivity index (χ4v) is 2.40. The second-order valence-corrected chi connectivity index (χ2v) is 4.28. The SMILES string of the molecule is FC1(F)CCC(CSCl)CC1. The third-order valence-electron chi connectivity index (χ3n) is 2.14. The van der Waals surface area contributed by atoms with Crippen molar-refractivity contribution in [1.29, 1.82) is 0 Å². The Bertz CT molecular complexity index is 120. The summed E-state index contributed by atoms with van der Waals surface area (Å²) in [7, 11) is 6.67. The molecule has 0 unspecified atom stereocenters. The van der Waals surface area contributed by atoms with Crippen molar-refractivity contribution in [2.24, 2.45) is 5.92 Å². The lowest BCUT2D eigenvalue weighted by atomic mass is 9.88. The predicted octanol–water partition coefficient (Wildman–Crippen LogP) is 3.70. The molecule has 0 saturated heterocycles. The van der Waals surface area contributed by atoms with Crippen LogP contribution in [0.25, 0.3) is 0 Å². The van der Waals surface area contributed by atoms with Crippen LogP contribution in [0.4, 0.5) is 8.78 Å². The second kappa shape index (κ2) is 3.94. The average molecular weight is 201 g/mol. The minimum atomic E-state index is -2.40. The summed E-state index contributed by atoms with van der Waals surface area (Å²) >= 11 is 0. The van der Waals surface area contributed by atoms with Gasteiger partial charge in [-0.3, -0.25) is 0 Å². The normalized spacial score (nSPS) is 25.4. The molecule has 1 aliphatic rings. The molecule has 11 heavy (non-hydrogen) atoms. The standard InChI is InChI=1S/C7H11ClF2S/c8-11-5-6-1-3-7(9,10)4-2-6/h6H,1-5H2. The third-order valence-corrected chi connectivity index (χ3v) is 3.11. The molecule has 0 heterocycles. The van der Waals surface area contributed by atoms with Gasteiger partial charge in [-0.25, -0.2) is 8.78 Å². The van der Waals surface area contributed by atoms with Crippen LogP contribution in [-0.4, -0.2) is 11.7 Å². The molecule has 0 atom stereocenters. The van der Waals surface area contributed by atoms with Crippen LogP contribution in [0.3, 0.4) is 0 Å². The first-order valence-corrected chi connectivity index (χ1v) is 5.56. The Hall–Kier alpha value is 0.500. The Balaban J connectivity index is 2.25. The van der Waals surface area contributed by atoms with Crippen molar-refractivity contribution in [1.82, 2.24) is 0 Å². The molecule has 0 nitrogen and oxygen atoms in total. The van der Waals surface area contributed by atoms with E-state index in [0.29, 0.717) is 18.8 Å². The van der Waals surface area contributed by atoms with Crippen molar-refractivity contribution in [3.05, 3.63) is 0 Å². The first kappa shape index (κ1) is 9.59. The van der Waals surface area contributed by atoms with Gasteiger partial charge in [0.05, 0.1) is 0 Å². The number of halogens is 3. The Morgan fingerprint density at radius 2 is 1.91 bits per heavy atom. The molecule has 0 spiro atoms. The quantitative estimate of drug-likeness (QED) is 0.655. The van der Waals surface area contributed by atoms with Crippen molar-refractivity contribution < 1.29 is 8.78 Å². The molecule has 0 bridgehead atoms. The van der Waals surface area contributed by atoms with Gasteiger partial charge in [0.25, 0.3) is 0 Å². The Morgan fingerprint density at radius 1 is 1.36 bits per heavy atom. The summed E-state index contributed by atoms with van der Waals surface area (Å²) in [5.41, 5.74) is 0. The van der Waals surface area contributed by atoms with Gasteiger partial charge in [-0.05, 0) is 29.4 Å². The van der Waals surface area contributed by atoms with E-state index in [1.807, 2.05) is 0 Å². The van der Waals surface area contributed by atoms with Crippen LogP contribution >= 0.6 is 21.7 Å². The van der Waals surface area contributed by atoms with Crippen LogP contribution in [0.1, 0.15) is 25.7 Å². The van der Waals surface area contributed by atoms with E-state index in [-0.39, 0.29) is 12.8 Å². The molecule has 0 amide bonds. The van der Waals surface area contributed by atoms with E-state index in [2.05, 4.69) is 0 Å². The van der Waals surface area contributed by atoms with Crippen molar-refractivity contribution in [2.45, 2.75) is 31.6 Å². The van der Waals surface area contributed by atoms with Crippen molar-refractivity contribution in [2.75, 3.05) is 5.75 Å². The first-order valence-electron chi connectivity index (χ1n) is 3.75. The molecule has 0 radical (unpaired) electrons. The molecule has 4 heteroatoms.